The van der Waals surface area contributed by atoms with E-state index in [1.54, 1.807) is 0 Å². The van der Waals surface area contributed by atoms with Gasteiger partial charge in [0.15, 0.2) is 5.96 Å². The molecular formula is C21H36N4O. The van der Waals surface area contributed by atoms with Gasteiger partial charge in [-0.1, -0.05) is 38.1 Å². The third-order valence-electron chi connectivity index (χ3n) is 5.29. The molecule has 1 aliphatic heterocycles. The number of aliphatic imine (C=N–C) groups is 1. The molecule has 0 amide bonds. The Morgan fingerprint density at radius 1 is 1.04 bits per heavy atom. The average Bonchev–Trinajstić information content (AvgIpc) is 3.18. The van der Waals surface area contributed by atoms with Gasteiger partial charge in [-0.25, -0.2) is 4.99 Å². The van der Waals surface area contributed by atoms with Gasteiger partial charge in [0.2, 0.25) is 0 Å². The molecule has 0 saturated carbocycles. The van der Waals surface area contributed by atoms with Gasteiger partial charge in [-0.2, -0.15) is 0 Å². The van der Waals surface area contributed by atoms with Crippen molar-refractivity contribution in [3.05, 3.63) is 35.4 Å². The number of likely N-dealkylation sites (tertiary alicyclic amines) is 1. The Morgan fingerprint density at radius 3 is 2.23 bits per heavy atom. The summed E-state index contributed by atoms with van der Waals surface area (Å²) in [6.07, 6.45) is 4.12. The number of hydrogen-bond donors (Lipinski definition) is 3. The summed E-state index contributed by atoms with van der Waals surface area (Å²) in [4.78, 5) is 7.18. The van der Waals surface area contributed by atoms with Gasteiger partial charge in [0, 0.05) is 19.6 Å². The molecule has 0 bridgehead atoms. The van der Waals surface area contributed by atoms with Crippen LogP contribution in [0.15, 0.2) is 29.3 Å². The lowest BCUT2D eigenvalue weighted by molar-refractivity contribution is 0.0367. The van der Waals surface area contributed by atoms with Crippen LogP contribution in [0, 0.1) is 0 Å². The van der Waals surface area contributed by atoms with Crippen molar-refractivity contribution < 1.29 is 5.11 Å². The molecule has 0 radical (unpaired) electrons. The highest BCUT2D eigenvalue weighted by atomic mass is 16.3. The Hall–Kier alpha value is -1.59. The monoisotopic (exact) mass is 360 g/mol. The van der Waals surface area contributed by atoms with E-state index in [2.05, 4.69) is 51.7 Å². The zero-order chi connectivity index (χ0) is 18.8. The van der Waals surface area contributed by atoms with Gasteiger partial charge in [0.05, 0.1) is 12.1 Å². The summed E-state index contributed by atoms with van der Waals surface area (Å²) in [6, 6.07) is 8.78. The quantitative estimate of drug-likeness (QED) is 0.468. The first-order chi connectivity index (χ1) is 12.6. The van der Waals surface area contributed by atoms with Crippen molar-refractivity contribution in [2.75, 3.05) is 26.2 Å². The molecule has 1 aromatic rings. The van der Waals surface area contributed by atoms with Crippen molar-refractivity contribution >= 4 is 5.96 Å². The molecule has 1 heterocycles. The van der Waals surface area contributed by atoms with Crippen molar-refractivity contribution in [1.82, 2.24) is 15.5 Å². The predicted molar refractivity (Wildman–Crippen MR) is 109 cm³/mol. The summed E-state index contributed by atoms with van der Waals surface area (Å²) < 4.78 is 0. The number of benzene rings is 1. The second-order valence-corrected chi connectivity index (χ2v) is 7.28. The average molecular weight is 361 g/mol. The maximum absolute atomic E-state index is 10.4. The van der Waals surface area contributed by atoms with Crippen LogP contribution in [0.1, 0.15) is 57.6 Å². The summed E-state index contributed by atoms with van der Waals surface area (Å²) in [5.74, 6) is 0.758. The van der Waals surface area contributed by atoms with Crippen LogP contribution in [0.25, 0.3) is 0 Å². The predicted octanol–water partition coefficient (Wildman–Crippen LogP) is 2.89. The van der Waals surface area contributed by atoms with Gasteiger partial charge >= 0.3 is 0 Å². The zero-order valence-electron chi connectivity index (χ0n) is 16.7. The second-order valence-electron chi connectivity index (χ2n) is 7.28. The first kappa shape index (κ1) is 20.7. The minimum absolute atomic E-state index is 0.514. The van der Waals surface area contributed by atoms with Crippen molar-refractivity contribution in [1.29, 1.82) is 0 Å². The second kappa shape index (κ2) is 10.5. The number of aliphatic hydroxyl groups is 1. The molecule has 0 aromatic heterocycles. The first-order valence-corrected chi connectivity index (χ1v) is 10.1. The SMILES string of the molecule is CCNC(=NCc1ccc(CN2CCCC2)cc1)NCC(O)(CC)CC. The highest BCUT2D eigenvalue weighted by Crippen LogP contribution is 2.14. The van der Waals surface area contributed by atoms with Gasteiger partial charge in [-0.15, -0.1) is 0 Å². The lowest BCUT2D eigenvalue weighted by Gasteiger charge is -2.26. The van der Waals surface area contributed by atoms with Crippen LogP contribution in [0.5, 0.6) is 0 Å². The van der Waals surface area contributed by atoms with E-state index >= 15 is 0 Å². The number of nitrogens with zero attached hydrogens (tertiary/aromatic N) is 2. The van der Waals surface area contributed by atoms with Crippen LogP contribution in [0.3, 0.4) is 0 Å². The van der Waals surface area contributed by atoms with E-state index in [-0.39, 0.29) is 0 Å². The molecule has 5 nitrogen and oxygen atoms in total. The lowest BCUT2D eigenvalue weighted by Crippen LogP contribution is -2.46. The van der Waals surface area contributed by atoms with E-state index < -0.39 is 5.60 Å². The Kier molecular flexibility index (Phi) is 8.39. The fourth-order valence-corrected chi connectivity index (χ4v) is 3.21. The summed E-state index contributed by atoms with van der Waals surface area (Å²) >= 11 is 0. The van der Waals surface area contributed by atoms with E-state index in [4.69, 9.17) is 0 Å². The minimum atomic E-state index is -0.673. The normalized spacial score (nSPS) is 16.1. The fourth-order valence-electron chi connectivity index (χ4n) is 3.21. The molecule has 26 heavy (non-hydrogen) atoms. The van der Waals surface area contributed by atoms with Gasteiger partial charge in [-0.3, -0.25) is 4.90 Å². The molecule has 1 aromatic carbocycles. The maximum atomic E-state index is 10.4. The molecule has 3 N–H and O–H groups in total. The minimum Gasteiger partial charge on any atom is -0.388 e. The molecule has 2 rings (SSSR count). The van der Waals surface area contributed by atoms with E-state index in [0.717, 1.165) is 31.9 Å². The number of nitrogens with one attached hydrogen (secondary N) is 2. The molecule has 5 heteroatoms. The Balaban J connectivity index is 1.89. The smallest absolute Gasteiger partial charge is 0.191 e. The first-order valence-electron chi connectivity index (χ1n) is 10.1. The molecule has 1 saturated heterocycles. The highest BCUT2D eigenvalue weighted by Gasteiger charge is 2.22. The van der Waals surface area contributed by atoms with Gasteiger partial charge in [0.1, 0.15) is 0 Å². The van der Waals surface area contributed by atoms with Crippen LogP contribution in [0.2, 0.25) is 0 Å². The summed E-state index contributed by atoms with van der Waals surface area (Å²) in [5.41, 5.74) is 1.90. The van der Waals surface area contributed by atoms with E-state index in [9.17, 15) is 5.11 Å². The van der Waals surface area contributed by atoms with Crippen molar-refractivity contribution in [3.8, 4) is 0 Å². The van der Waals surface area contributed by atoms with Gasteiger partial charge in [0.25, 0.3) is 0 Å². The highest BCUT2D eigenvalue weighted by molar-refractivity contribution is 5.79. The van der Waals surface area contributed by atoms with Gasteiger partial charge in [-0.05, 0) is 56.8 Å². The molecule has 0 unspecified atom stereocenters. The molecule has 0 atom stereocenters. The van der Waals surface area contributed by atoms with Crippen LogP contribution < -0.4 is 10.6 Å². The van der Waals surface area contributed by atoms with Gasteiger partial charge < -0.3 is 15.7 Å². The summed E-state index contributed by atoms with van der Waals surface area (Å²) in [5, 5.41) is 17.0. The van der Waals surface area contributed by atoms with Crippen molar-refractivity contribution in [3.63, 3.8) is 0 Å². The standard InChI is InChI=1S/C21H36N4O/c1-4-21(26,5-2)17-24-20(22-6-3)23-15-18-9-11-19(12-10-18)16-25-13-7-8-14-25/h9-12,26H,4-8,13-17H2,1-3H3,(H2,22,23,24). The molecule has 146 valence electrons. The molecule has 1 fully saturated rings. The molecule has 1 aliphatic rings. The van der Waals surface area contributed by atoms with Crippen molar-refractivity contribution in [2.24, 2.45) is 4.99 Å². The molecule has 0 aliphatic carbocycles. The summed E-state index contributed by atoms with van der Waals surface area (Å²) in [7, 11) is 0. The van der Waals surface area contributed by atoms with E-state index in [1.165, 1.54) is 37.1 Å². The lowest BCUT2D eigenvalue weighted by atomic mass is 9.98. The Labute approximate surface area is 158 Å². The zero-order valence-corrected chi connectivity index (χ0v) is 16.7. The van der Waals surface area contributed by atoms with Crippen molar-refractivity contribution in [2.45, 2.75) is 65.1 Å². The van der Waals surface area contributed by atoms with Crippen LogP contribution in [0.4, 0.5) is 0 Å². The molecular weight excluding hydrogens is 324 g/mol. The summed E-state index contributed by atoms with van der Waals surface area (Å²) in [6.45, 7) is 11.5. The topological polar surface area (TPSA) is 59.9 Å². The number of hydrogen-bond acceptors (Lipinski definition) is 3. The third kappa shape index (κ3) is 6.61. The molecule has 0 spiro atoms. The van der Waals surface area contributed by atoms with E-state index in [1.807, 2.05) is 13.8 Å². The van der Waals surface area contributed by atoms with Crippen LogP contribution in [-0.4, -0.2) is 47.7 Å². The largest absolute Gasteiger partial charge is 0.388 e. The number of guanidine groups is 1. The van der Waals surface area contributed by atoms with Crippen LogP contribution in [-0.2, 0) is 13.1 Å². The Morgan fingerprint density at radius 2 is 1.65 bits per heavy atom. The Bertz CT molecular complexity index is 546. The van der Waals surface area contributed by atoms with E-state index in [0.29, 0.717) is 13.1 Å². The van der Waals surface area contributed by atoms with Crippen LogP contribution >= 0.6 is 0 Å². The number of rotatable bonds is 9. The third-order valence-corrected chi connectivity index (χ3v) is 5.29. The fraction of sp³-hybridized carbons (Fsp3) is 0.667. The maximum Gasteiger partial charge on any atom is 0.191 e.